The fraction of sp³-hybridized carbons (Fsp3) is 0.542. The van der Waals surface area contributed by atoms with Gasteiger partial charge < -0.3 is 28.8 Å². The standard InChI is InChI=1S/C24H31N3O8S/c1-6-11-27-18-10-8-7-9-17(18)26-24(27)36-23-20(25-13(2)28)22(34-16(5)31)21(33-15(4)30)19(35-23)12-32-14(3)29/h7-10,19-23H,6,11-12H2,1-5H3,(H,25,28)/t19-,20-,21-,22-,23+/m1/s1. The highest BCUT2D eigenvalue weighted by atomic mass is 32.2. The minimum absolute atomic E-state index is 0.250. The van der Waals surface area contributed by atoms with Gasteiger partial charge in [-0.1, -0.05) is 30.8 Å². The van der Waals surface area contributed by atoms with Crippen LogP contribution in [0.15, 0.2) is 29.4 Å². The van der Waals surface area contributed by atoms with Crippen molar-refractivity contribution in [3.8, 4) is 0 Å². The van der Waals surface area contributed by atoms with Gasteiger partial charge in [-0.05, 0) is 18.6 Å². The number of aromatic nitrogens is 2. The lowest BCUT2D eigenvalue weighted by Gasteiger charge is -2.44. The van der Waals surface area contributed by atoms with Crippen molar-refractivity contribution in [3.05, 3.63) is 24.3 Å². The quantitative estimate of drug-likeness (QED) is 0.386. The largest absolute Gasteiger partial charge is 0.463 e. The number of para-hydroxylation sites is 2. The molecule has 0 radical (unpaired) electrons. The summed E-state index contributed by atoms with van der Waals surface area (Å²) in [6.07, 6.45) is -2.34. The third-order valence-corrected chi connectivity index (χ3v) is 6.52. The Morgan fingerprint density at radius 2 is 1.69 bits per heavy atom. The molecular formula is C24H31N3O8S. The molecule has 1 aromatic carbocycles. The predicted molar refractivity (Wildman–Crippen MR) is 130 cm³/mol. The van der Waals surface area contributed by atoms with Crippen LogP contribution in [0, 0.1) is 0 Å². The number of nitrogens with one attached hydrogen (secondary N) is 1. The summed E-state index contributed by atoms with van der Waals surface area (Å²) in [5, 5.41) is 3.42. The maximum absolute atomic E-state index is 12.2. The van der Waals surface area contributed by atoms with Crippen LogP contribution in [0.5, 0.6) is 0 Å². The fourth-order valence-electron chi connectivity index (χ4n) is 4.08. The second kappa shape index (κ2) is 12.2. The van der Waals surface area contributed by atoms with Crippen molar-refractivity contribution in [2.24, 2.45) is 0 Å². The number of fused-ring (bicyclic) bond motifs is 1. The van der Waals surface area contributed by atoms with E-state index in [-0.39, 0.29) is 6.61 Å². The molecule has 5 atom stereocenters. The Balaban J connectivity index is 2.05. The highest BCUT2D eigenvalue weighted by molar-refractivity contribution is 7.99. The number of carbonyl (C=O) groups is 4. The number of esters is 3. The molecule has 196 valence electrons. The summed E-state index contributed by atoms with van der Waals surface area (Å²) >= 11 is 1.24. The Morgan fingerprint density at radius 1 is 1.03 bits per heavy atom. The Labute approximate surface area is 213 Å². The molecule has 0 spiro atoms. The number of hydrogen-bond acceptors (Lipinski definition) is 10. The monoisotopic (exact) mass is 521 g/mol. The van der Waals surface area contributed by atoms with Gasteiger partial charge in [0.1, 0.15) is 24.2 Å². The molecule has 2 heterocycles. The number of ether oxygens (including phenoxy) is 4. The number of amides is 1. The van der Waals surface area contributed by atoms with E-state index in [1.54, 1.807) is 0 Å². The lowest BCUT2D eigenvalue weighted by molar-refractivity contribution is -0.211. The summed E-state index contributed by atoms with van der Waals surface area (Å²) in [5.74, 6) is -2.23. The number of thioether (sulfide) groups is 1. The van der Waals surface area contributed by atoms with Crippen molar-refractivity contribution in [1.82, 2.24) is 14.9 Å². The van der Waals surface area contributed by atoms with Crippen LogP contribution in [0.25, 0.3) is 11.0 Å². The van der Waals surface area contributed by atoms with Crippen molar-refractivity contribution in [1.29, 1.82) is 0 Å². The molecular weight excluding hydrogens is 490 g/mol. The third-order valence-electron chi connectivity index (χ3n) is 5.36. The Morgan fingerprint density at radius 3 is 2.31 bits per heavy atom. The van der Waals surface area contributed by atoms with Crippen LogP contribution in [-0.4, -0.2) is 69.8 Å². The molecule has 36 heavy (non-hydrogen) atoms. The van der Waals surface area contributed by atoms with Crippen LogP contribution in [-0.2, 0) is 44.7 Å². The highest BCUT2D eigenvalue weighted by Crippen LogP contribution is 2.37. The van der Waals surface area contributed by atoms with Crippen LogP contribution in [0.4, 0.5) is 0 Å². The van der Waals surface area contributed by atoms with E-state index in [0.717, 1.165) is 17.5 Å². The molecule has 2 aromatic rings. The number of imidazole rings is 1. The Hall–Kier alpha value is -3.12. The molecule has 0 bridgehead atoms. The number of hydrogen-bond donors (Lipinski definition) is 1. The molecule has 1 fully saturated rings. The van der Waals surface area contributed by atoms with Gasteiger partial charge in [0.2, 0.25) is 5.91 Å². The molecule has 11 nitrogen and oxygen atoms in total. The van der Waals surface area contributed by atoms with Gasteiger partial charge in [0, 0.05) is 34.2 Å². The molecule has 0 saturated carbocycles. The zero-order valence-corrected chi connectivity index (χ0v) is 21.7. The average molecular weight is 522 g/mol. The summed E-state index contributed by atoms with van der Waals surface area (Å²) in [4.78, 5) is 52.4. The van der Waals surface area contributed by atoms with Crippen LogP contribution in [0.1, 0.15) is 41.0 Å². The van der Waals surface area contributed by atoms with E-state index >= 15 is 0 Å². The van der Waals surface area contributed by atoms with Gasteiger partial charge >= 0.3 is 17.9 Å². The molecule has 1 aliphatic rings. The van der Waals surface area contributed by atoms with Gasteiger partial charge in [0.05, 0.1) is 11.0 Å². The van der Waals surface area contributed by atoms with Crippen molar-refractivity contribution in [2.45, 2.75) is 82.5 Å². The van der Waals surface area contributed by atoms with E-state index < -0.39 is 53.6 Å². The van der Waals surface area contributed by atoms with E-state index in [1.165, 1.54) is 39.5 Å². The second-order valence-electron chi connectivity index (χ2n) is 8.37. The van der Waals surface area contributed by atoms with E-state index in [4.69, 9.17) is 23.9 Å². The number of carbonyl (C=O) groups excluding carboxylic acids is 4. The van der Waals surface area contributed by atoms with Crippen molar-refractivity contribution >= 4 is 46.6 Å². The zero-order valence-electron chi connectivity index (χ0n) is 20.9. The van der Waals surface area contributed by atoms with Crippen LogP contribution < -0.4 is 5.32 Å². The van der Waals surface area contributed by atoms with E-state index in [0.29, 0.717) is 11.7 Å². The third kappa shape index (κ3) is 6.76. The number of rotatable bonds is 9. The summed E-state index contributed by atoms with van der Waals surface area (Å²) in [6, 6.07) is 6.80. The number of benzene rings is 1. The van der Waals surface area contributed by atoms with Gasteiger partial charge in [0.15, 0.2) is 17.4 Å². The first-order chi connectivity index (χ1) is 17.1. The minimum Gasteiger partial charge on any atom is -0.463 e. The van der Waals surface area contributed by atoms with Gasteiger partial charge in [-0.15, -0.1) is 0 Å². The van der Waals surface area contributed by atoms with Crippen molar-refractivity contribution < 1.29 is 38.1 Å². The highest BCUT2D eigenvalue weighted by Gasteiger charge is 2.51. The van der Waals surface area contributed by atoms with Gasteiger partial charge in [-0.2, -0.15) is 0 Å². The van der Waals surface area contributed by atoms with Crippen molar-refractivity contribution in [3.63, 3.8) is 0 Å². The fourth-order valence-corrected chi connectivity index (χ4v) is 5.32. The number of aryl methyl sites for hydroxylation is 1. The lowest BCUT2D eigenvalue weighted by Crippen LogP contribution is -2.65. The maximum atomic E-state index is 12.2. The van der Waals surface area contributed by atoms with Crippen LogP contribution in [0.3, 0.4) is 0 Å². The molecule has 3 rings (SSSR count). The summed E-state index contributed by atoms with van der Waals surface area (Å²) in [5.41, 5.74) is 0.920. The summed E-state index contributed by atoms with van der Waals surface area (Å²) in [7, 11) is 0. The Kier molecular flexibility index (Phi) is 9.32. The molecule has 1 amide bonds. The summed E-state index contributed by atoms with van der Waals surface area (Å²) < 4.78 is 24.5. The molecule has 1 N–H and O–H groups in total. The average Bonchev–Trinajstić information content (AvgIpc) is 3.13. The van der Waals surface area contributed by atoms with Gasteiger partial charge in [-0.3, -0.25) is 19.2 Å². The Bertz CT molecular complexity index is 1120. The first kappa shape index (κ1) is 27.5. The maximum Gasteiger partial charge on any atom is 0.303 e. The lowest BCUT2D eigenvalue weighted by atomic mass is 9.97. The topological polar surface area (TPSA) is 135 Å². The van der Waals surface area contributed by atoms with Crippen molar-refractivity contribution in [2.75, 3.05) is 6.61 Å². The first-order valence-electron chi connectivity index (χ1n) is 11.6. The molecule has 1 aromatic heterocycles. The second-order valence-corrected chi connectivity index (χ2v) is 9.44. The smallest absolute Gasteiger partial charge is 0.303 e. The van der Waals surface area contributed by atoms with Crippen LogP contribution in [0.2, 0.25) is 0 Å². The van der Waals surface area contributed by atoms with E-state index in [9.17, 15) is 19.2 Å². The zero-order chi connectivity index (χ0) is 26.4. The SMILES string of the molecule is CCCn1c(S[C@@H]2O[C@H](COC(C)=O)[C@@H](OC(C)=O)[C@H](OC(C)=O)[C@H]2NC(C)=O)nc2ccccc21. The molecule has 1 saturated heterocycles. The minimum atomic E-state index is -1.13. The van der Waals surface area contributed by atoms with E-state index in [1.807, 2.05) is 28.8 Å². The molecule has 0 aliphatic carbocycles. The first-order valence-corrected chi connectivity index (χ1v) is 12.5. The van der Waals surface area contributed by atoms with Gasteiger partial charge in [0.25, 0.3) is 0 Å². The molecule has 0 unspecified atom stereocenters. The molecule has 12 heteroatoms. The summed E-state index contributed by atoms with van der Waals surface area (Å²) in [6.45, 7) is 7.48. The van der Waals surface area contributed by atoms with E-state index in [2.05, 4.69) is 12.2 Å². The predicted octanol–water partition coefficient (Wildman–Crippen LogP) is 2.19. The van der Waals surface area contributed by atoms with Crippen LogP contribution >= 0.6 is 11.8 Å². The molecule has 1 aliphatic heterocycles. The number of nitrogens with zero attached hydrogens (tertiary/aromatic N) is 2. The normalized spacial score (nSPS) is 23.6. The van der Waals surface area contributed by atoms with Gasteiger partial charge in [-0.25, -0.2) is 4.98 Å².